The fraction of sp³-hybridized carbons (Fsp3) is 0.818. The molecule has 1 aromatic heterocycles. The minimum atomic E-state index is 0.0353. The van der Waals surface area contributed by atoms with Crippen LogP contribution in [0.5, 0.6) is 0 Å². The number of anilines is 1. The molecular weight excluding hydrogens is 220 g/mol. The summed E-state index contributed by atoms with van der Waals surface area (Å²) in [6.45, 7) is 11.8. The number of nitrogen functional groups attached to an aromatic ring is 1. The number of hydrogen-bond donors (Lipinski definition) is 2. The fourth-order valence-electron chi connectivity index (χ4n) is 1.37. The van der Waals surface area contributed by atoms with Crippen LogP contribution in [0.15, 0.2) is 0 Å². The number of aromatic nitrogens is 2. The van der Waals surface area contributed by atoms with E-state index in [2.05, 4.69) is 50.1 Å². The summed E-state index contributed by atoms with van der Waals surface area (Å²) in [5, 5.41) is 13.0. The van der Waals surface area contributed by atoms with Crippen LogP contribution in [0.2, 0.25) is 0 Å². The Balaban J connectivity index is 2.52. The second-order valence-electron chi connectivity index (χ2n) is 5.76. The van der Waals surface area contributed by atoms with Crippen LogP contribution in [-0.4, -0.2) is 22.3 Å². The van der Waals surface area contributed by atoms with Crippen molar-refractivity contribution in [2.45, 2.75) is 52.0 Å². The standard InChI is InChI=1S/C11H22N4S/c1-10(2,3)13-7-6-11(4,5)8-14-15-9(12)16-8/h13H,6-7H2,1-5H3,(H2,12,15). The summed E-state index contributed by atoms with van der Waals surface area (Å²) in [5.41, 5.74) is 5.80. The molecule has 4 nitrogen and oxygen atoms in total. The summed E-state index contributed by atoms with van der Waals surface area (Å²) in [5.74, 6) is 0. The predicted octanol–water partition coefficient (Wildman–Crippen LogP) is 2.18. The van der Waals surface area contributed by atoms with Crippen molar-refractivity contribution in [3.8, 4) is 0 Å². The molecule has 92 valence electrons. The van der Waals surface area contributed by atoms with Gasteiger partial charge in [-0.3, -0.25) is 0 Å². The topological polar surface area (TPSA) is 63.8 Å². The highest BCUT2D eigenvalue weighted by Gasteiger charge is 2.25. The molecule has 3 N–H and O–H groups in total. The molecule has 0 aromatic carbocycles. The maximum atomic E-state index is 5.60. The molecule has 16 heavy (non-hydrogen) atoms. The monoisotopic (exact) mass is 242 g/mol. The second kappa shape index (κ2) is 4.67. The van der Waals surface area contributed by atoms with Crippen LogP contribution in [0.1, 0.15) is 46.0 Å². The zero-order chi connectivity index (χ0) is 12.4. The SMILES string of the molecule is CC(C)(C)NCCC(C)(C)c1nnc(N)s1. The fourth-order valence-corrected chi connectivity index (χ4v) is 2.10. The van der Waals surface area contributed by atoms with Crippen LogP contribution in [0.3, 0.4) is 0 Å². The minimum Gasteiger partial charge on any atom is -0.374 e. The number of nitrogens with two attached hydrogens (primary N) is 1. The Morgan fingerprint density at radius 1 is 1.19 bits per heavy atom. The van der Waals surface area contributed by atoms with E-state index in [0.717, 1.165) is 18.0 Å². The van der Waals surface area contributed by atoms with Crippen LogP contribution < -0.4 is 11.1 Å². The first-order valence-electron chi connectivity index (χ1n) is 5.55. The van der Waals surface area contributed by atoms with E-state index in [4.69, 9.17) is 5.73 Å². The Morgan fingerprint density at radius 2 is 1.81 bits per heavy atom. The molecule has 0 amide bonds. The third-order valence-electron chi connectivity index (χ3n) is 2.42. The van der Waals surface area contributed by atoms with Crippen molar-refractivity contribution in [2.24, 2.45) is 0 Å². The molecule has 1 aromatic rings. The minimum absolute atomic E-state index is 0.0353. The molecule has 0 radical (unpaired) electrons. The highest BCUT2D eigenvalue weighted by molar-refractivity contribution is 7.15. The van der Waals surface area contributed by atoms with E-state index in [9.17, 15) is 0 Å². The molecule has 0 aliphatic rings. The van der Waals surface area contributed by atoms with Gasteiger partial charge in [0.05, 0.1) is 0 Å². The van der Waals surface area contributed by atoms with Crippen molar-refractivity contribution >= 4 is 16.5 Å². The van der Waals surface area contributed by atoms with Crippen LogP contribution in [0.25, 0.3) is 0 Å². The van der Waals surface area contributed by atoms with Crippen molar-refractivity contribution in [1.82, 2.24) is 15.5 Å². The van der Waals surface area contributed by atoms with Crippen LogP contribution in [-0.2, 0) is 5.41 Å². The molecule has 0 saturated carbocycles. The lowest BCUT2D eigenvalue weighted by molar-refractivity contribution is 0.378. The van der Waals surface area contributed by atoms with E-state index in [1.807, 2.05) is 0 Å². The average molecular weight is 242 g/mol. The van der Waals surface area contributed by atoms with Gasteiger partial charge in [-0.15, -0.1) is 10.2 Å². The van der Waals surface area contributed by atoms with E-state index in [-0.39, 0.29) is 11.0 Å². The van der Waals surface area contributed by atoms with Gasteiger partial charge in [-0.2, -0.15) is 0 Å². The molecule has 0 saturated heterocycles. The van der Waals surface area contributed by atoms with Crippen LogP contribution in [0, 0.1) is 0 Å². The first-order chi connectivity index (χ1) is 7.21. The third kappa shape index (κ3) is 4.06. The Labute approximate surface area is 102 Å². The summed E-state index contributed by atoms with van der Waals surface area (Å²) in [6.07, 6.45) is 1.03. The van der Waals surface area contributed by atoms with Gasteiger partial charge in [0, 0.05) is 11.0 Å². The van der Waals surface area contributed by atoms with Gasteiger partial charge in [0.15, 0.2) is 0 Å². The number of nitrogens with zero attached hydrogens (tertiary/aromatic N) is 2. The molecule has 0 bridgehead atoms. The molecular formula is C11H22N4S. The summed E-state index contributed by atoms with van der Waals surface area (Å²) in [6, 6.07) is 0. The van der Waals surface area contributed by atoms with Gasteiger partial charge in [0.1, 0.15) is 5.01 Å². The van der Waals surface area contributed by atoms with E-state index in [0.29, 0.717) is 5.13 Å². The molecule has 1 rings (SSSR count). The van der Waals surface area contributed by atoms with Gasteiger partial charge in [0.25, 0.3) is 0 Å². The van der Waals surface area contributed by atoms with Crippen molar-refractivity contribution in [3.05, 3.63) is 5.01 Å². The average Bonchev–Trinajstić information content (AvgIpc) is 2.49. The summed E-state index contributed by atoms with van der Waals surface area (Å²) < 4.78 is 0. The molecule has 0 aliphatic heterocycles. The normalized spacial score (nSPS) is 13.1. The first kappa shape index (κ1) is 13.4. The molecule has 0 aliphatic carbocycles. The lowest BCUT2D eigenvalue weighted by Crippen LogP contribution is -2.38. The Bertz CT molecular complexity index is 338. The van der Waals surface area contributed by atoms with Gasteiger partial charge in [-0.05, 0) is 33.7 Å². The highest BCUT2D eigenvalue weighted by atomic mass is 32.1. The zero-order valence-corrected chi connectivity index (χ0v) is 11.6. The maximum absolute atomic E-state index is 5.60. The van der Waals surface area contributed by atoms with Gasteiger partial charge >= 0.3 is 0 Å². The van der Waals surface area contributed by atoms with Gasteiger partial charge in [-0.1, -0.05) is 25.2 Å². The molecule has 0 spiro atoms. The lowest BCUT2D eigenvalue weighted by atomic mass is 9.90. The van der Waals surface area contributed by atoms with E-state index >= 15 is 0 Å². The van der Waals surface area contributed by atoms with Crippen molar-refractivity contribution in [3.63, 3.8) is 0 Å². The van der Waals surface area contributed by atoms with E-state index in [1.165, 1.54) is 11.3 Å². The first-order valence-corrected chi connectivity index (χ1v) is 6.37. The highest BCUT2D eigenvalue weighted by Crippen LogP contribution is 2.30. The van der Waals surface area contributed by atoms with E-state index < -0.39 is 0 Å². The van der Waals surface area contributed by atoms with Gasteiger partial charge < -0.3 is 11.1 Å². The van der Waals surface area contributed by atoms with E-state index in [1.54, 1.807) is 0 Å². The van der Waals surface area contributed by atoms with Crippen LogP contribution in [0.4, 0.5) is 5.13 Å². The Hall–Kier alpha value is -0.680. The molecule has 5 heteroatoms. The molecule has 0 atom stereocenters. The van der Waals surface area contributed by atoms with Gasteiger partial charge in [0.2, 0.25) is 5.13 Å². The number of nitrogens with one attached hydrogen (secondary N) is 1. The van der Waals surface area contributed by atoms with Crippen molar-refractivity contribution < 1.29 is 0 Å². The molecule has 1 heterocycles. The molecule has 0 unspecified atom stereocenters. The van der Waals surface area contributed by atoms with Crippen molar-refractivity contribution in [1.29, 1.82) is 0 Å². The number of hydrogen-bond acceptors (Lipinski definition) is 5. The smallest absolute Gasteiger partial charge is 0.203 e. The second-order valence-corrected chi connectivity index (χ2v) is 6.77. The summed E-state index contributed by atoms with van der Waals surface area (Å²) in [4.78, 5) is 0. The zero-order valence-electron chi connectivity index (χ0n) is 10.8. The Morgan fingerprint density at radius 3 is 2.25 bits per heavy atom. The summed E-state index contributed by atoms with van der Waals surface area (Å²) >= 11 is 1.48. The summed E-state index contributed by atoms with van der Waals surface area (Å²) in [7, 11) is 0. The van der Waals surface area contributed by atoms with Crippen LogP contribution >= 0.6 is 11.3 Å². The molecule has 0 fully saturated rings. The largest absolute Gasteiger partial charge is 0.374 e. The maximum Gasteiger partial charge on any atom is 0.203 e. The predicted molar refractivity (Wildman–Crippen MR) is 69.7 cm³/mol. The quantitative estimate of drug-likeness (QED) is 0.849. The lowest BCUT2D eigenvalue weighted by Gasteiger charge is -2.26. The van der Waals surface area contributed by atoms with Crippen molar-refractivity contribution in [2.75, 3.05) is 12.3 Å². The van der Waals surface area contributed by atoms with Gasteiger partial charge in [-0.25, -0.2) is 0 Å². The number of rotatable bonds is 4. The third-order valence-corrected chi connectivity index (χ3v) is 3.54. The Kier molecular flexibility index (Phi) is 3.91.